The smallest absolute Gasteiger partial charge is 0.0424 e. The van der Waals surface area contributed by atoms with Gasteiger partial charge in [-0.15, -0.1) is 0 Å². The fourth-order valence-electron chi connectivity index (χ4n) is 1.66. The number of benzene rings is 1. The summed E-state index contributed by atoms with van der Waals surface area (Å²) in [5.41, 5.74) is 3.72. The number of aryl methyl sites for hydroxylation is 1. The molecular formula is C11H12ClN. The van der Waals surface area contributed by atoms with E-state index < -0.39 is 0 Å². The molecule has 0 aromatic heterocycles. The van der Waals surface area contributed by atoms with E-state index in [0.29, 0.717) is 0 Å². The topological polar surface area (TPSA) is 12.4 Å². The van der Waals surface area contributed by atoms with E-state index in [9.17, 15) is 0 Å². The molecule has 0 amide bonds. The summed E-state index contributed by atoms with van der Waals surface area (Å²) in [6.45, 7) is 3.08. The monoisotopic (exact) mass is 193 g/mol. The van der Waals surface area contributed by atoms with Gasteiger partial charge in [0.05, 0.1) is 0 Å². The van der Waals surface area contributed by atoms with Gasteiger partial charge in [-0.3, -0.25) is 4.99 Å². The van der Waals surface area contributed by atoms with Gasteiger partial charge in [0.2, 0.25) is 0 Å². The van der Waals surface area contributed by atoms with E-state index in [1.54, 1.807) is 0 Å². The molecule has 1 nitrogen and oxygen atoms in total. The first-order chi connectivity index (χ1) is 6.27. The predicted octanol–water partition coefficient (Wildman–Crippen LogP) is 3.23. The Bertz CT molecular complexity index is 355. The van der Waals surface area contributed by atoms with Crippen LogP contribution in [0.25, 0.3) is 0 Å². The molecule has 0 spiro atoms. The first-order valence-corrected chi connectivity index (χ1v) is 4.95. The molecule has 1 aromatic carbocycles. The Morgan fingerprint density at radius 3 is 2.92 bits per heavy atom. The van der Waals surface area contributed by atoms with Gasteiger partial charge in [0.15, 0.2) is 0 Å². The Kier molecular flexibility index (Phi) is 2.36. The summed E-state index contributed by atoms with van der Waals surface area (Å²) in [6, 6.07) is 6.00. The van der Waals surface area contributed by atoms with Crippen LogP contribution >= 0.6 is 11.6 Å². The minimum atomic E-state index is 0.801. The van der Waals surface area contributed by atoms with E-state index >= 15 is 0 Å². The van der Waals surface area contributed by atoms with Crippen LogP contribution in [0.3, 0.4) is 0 Å². The fraction of sp³-hybridized carbons (Fsp3) is 0.364. The average Bonchev–Trinajstić information content (AvgIpc) is 2.61. The lowest BCUT2D eigenvalue weighted by Crippen LogP contribution is -1.98. The van der Waals surface area contributed by atoms with E-state index in [-0.39, 0.29) is 0 Å². The molecule has 1 aliphatic rings. The highest BCUT2D eigenvalue weighted by molar-refractivity contribution is 6.31. The van der Waals surface area contributed by atoms with E-state index in [0.717, 1.165) is 18.0 Å². The van der Waals surface area contributed by atoms with Crippen molar-refractivity contribution in [3.05, 3.63) is 34.3 Å². The first kappa shape index (κ1) is 8.76. The SMILES string of the molecule is Cc1ccc(Cl)cc1C1=NCCC1. The Labute approximate surface area is 83.4 Å². The van der Waals surface area contributed by atoms with Crippen molar-refractivity contribution in [1.29, 1.82) is 0 Å². The number of halogens is 1. The quantitative estimate of drug-likeness (QED) is 0.650. The van der Waals surface area contributed by atoms with Gasteiger partial charge in [-0.25, -0.2) is 0 Å². The van der Waals surface area contributed by atoms with Crippen molar-refractivity contribution in [1.82, 2.24) is 0 Å². The molecule has 0 saturated heterocycles. The lowest BCUT2D eigenvalue weighted by Gasteiger charge is -2.05. The minimum absolute atomic E-state index is 0.801. The summed E-state index contributed by atoms with van der Waals surface area (Å²) in [5, 5.41) is 0.801. The Hall–Kier alpha value is -0.820. The molecule has 0 aliphatic carbocycles. The second-order valence-electron chi connectivity index (χ2n) is 3.39. The van der Waals surface area contributed by atoms with Gasteiger partial charge in [-0.1, -0.05) is 17.7 Å². The van der Waals surface area contributed by atoms with Crippen molar-refractivity contribution < 1.29 is 0 Å². The van der Waals surface area contributed by atoms with E-state index in [1.807, 2.05) is 12.1 Å². The molecule has 0 bridgehead atoms. The number of hydrogen-bond donors (Lipinski definition) is 0. The summed E-state index contributed by atoms with van der Waals surface area (Å²) < 4.78 is 0. The van der Waals surface area contributed by atoms with E-state index in [2.05, 4.69) is 18.0 Å². The maximum atomic E-state index is 5.94. The zero-order valence-electron chi connectivity index (χ0n) is 7.68. The molecule has 0 fully saturated rings. The summed E-state index contributed by atoms with van der Waals surface area (Å²) in [4.78, 5) is 4.47. The second-order valence-corrected chi connectivity index (χ2v) is 3.83. The van der Waals surface area contributed by atoms with Crippen molar-refractivity contribution in [3.63, 3.8) is 0 Å². The fourth-order valence-corrected chi connectivity index (χ4v) is 1.84. The van der Waals surface area contributed by atoms with Crippen LogP contribution in [0, 0.1) is 6.92 Å². The maximum Gasteiger partial charge on any atom is 0.0424 e. The molecule has 0 atom stereocenters. The molecule has 0 N–H and O–H groups in total. The second kappa shape index (κ2) is 3.51. The zero-order chi connectivity index (χ0) is 9.26. The average molecular weight is 194 g/mol. The van der Waals surface area contributed by atoms with Crippen LogP contribution < -0.4 is 0 Å². The standard InChI is InChI=1S/C11H12ClN/c1-8-4-5-9(12)7-10(8)11-3-2-6-13-11/h4-5,7H,2-3,6H2,1H3. The van der Waals surface area contributed by atoms with Gasteiger partial charge in [-0.2, -0.15) is 0 Å². The van der Waals surface area contributed by atoms with Crippen LogP contribution in [-0.4, -0.2) is 12.3 Å². The third-order valence-corrected chi connectivity index (χ3v) is 2.62. The van der Waals surface area contributed by atoms with Gasteiger partial charge < -0.3 is 0 Å². The van der Waals surface area contributed by atoms with Crippen LogP contribution in [0.2, 0.25) is 5.02 Å². The van der Waals surface area contributed by atoms with E-state index in [1.165, 1.54) is 23.3 Å². The van der Waals surface area contributed by atoms with Crippen LogP contribution in [0.5, 0.6) is 0 Å². The maximum absolute atomic E-state index is 5.94. The summed E-state index contributed by atoms with van der Waals surface area (Å²) in [6.07, 6.45) is 2.28. The largest absolute Gasteiger partial charge is 0.289 e. The Morgan fingerprint density at radius 1 is 1.38 bits per heavy atom. The molecule has 68 valence electrons. The third kappa shape index (κ3) is 1.75. The van der Waals surface area contributed by atoms with Crippen molar-refractivity contribution >= 4 is 17.3 Å². The number of nitrogens with zero attached hydrogens (tertiary/aromatic N) is 1. The molecule has 0 unspecified atom stereocenters. The number of hydrogen-bond acceptors (Lipinski definition) is 1. The molecular weight excluding hydrogens is 182 g/mol. The van der Waals surface area contributed by atoms with Crippen molar-refractivity contribution in [2.75, 3.05) is 6.54 Å². The van der Waals surface area contributed by atoms with Gasteiger partial charge in [0, 0.05) is 17.3 Å². The van der Waals surface area contributed by atoms with Crippen LogP contribution in [0.4, 0.5) is 0 Å². The summed E-state index contributed by atoms with van der Waals surface area (Å²) >= 11 is 5.94. The van der Waals surface area contributed by atoms with E-state index in [4.69, 9.17) is 11.6 Å². The van der Waals surface area contributed by atoms with Crippen LogP contribution in [-0.2, 0) is 0 Å². The van der Waals surface area contributed by atoms with Gasteiger partial charge in [0.1, 0.15) is 0 Å². The molecule has 1 aliphatic heterocycles. The number of rotatable bonds is 1. The number of aliphatic imine (C=N–C) groups is 1. The first-order valence-electron chi connectivity index (χ1n) is 4.57. The highest BCUT2D eigenvalue weighted by Crippen LogP contribution is 2.20. The molecule has 0 radical (unpaired) electrons. The van der Waals surface area contributed by atoms with Crippen molar-refractivity contribution in [2.45, 2.75) is 19.8 Å². The molecule has 13 heavy (non-hydrogen) atoms. The minimum Gasteiger partial charge on any atom is -0.289 e. The molecule has 2 heteroatoms. The lowest BCUT2D eigenvalue weighted by molar-refractivity contribution is 0.951. The Balaban J connectivity index is 2.43. The zero-order valence-corrected chi connectivity index (χ0v) is 8.43. The molecule has 1 aromatic rings. The molecule has 0 saturated carbocycles. The van der Waals surface area contributed by atoms with Gasteiger partial charge in [-0.05, 0) is 43.0 Å². The van der Waals surface area contributed by atoms with Gasteiger partial charge >= 0.3 is 0 Å². The third-order valence-electron chi connectivity index (χ3n) is 2.38. The normalized spacial score (nSPS) is 16.0. The van der Waals surface area contributed by atoms with Crippen LogP contribution in [0.1, 0.15) is 24.0 Å². The highest BCUT2D eigenvalue weighted by atomic mass is 35.5. The summed E-state index contributed by atoms with van der Waals surface area (Å²) in [5.74, 6) is 0. The Morgan fingerprint density at radius 2 is 2.23 bits per heavy atom. The van der Waals surface area contributed by atoms with Crippen molar-refractivity contribution in [3.8, 4) is 0 Å². The molecule has 2 rings (SSSR count). The predicted molar refractivity (Wildman–Crippen MR) is 56.8 cm³/mol. The highest BCUT2D eigenvalue weighted by Gasteiger charge is 2.11. The molecule has 1 heterocycles. The lowest BCUT2D eigenvalue weighted by atomic mass is 10.0. The van der Waals surface area contributed by atoms with Crippen LogP contribution in [0.15, 0.2) is 23.2 Å². The van der Waals surface area contributed by atoms with Gasteiger partial charge in [0.25, 0.3) is 0 Å². The van der Waals surface area contributed by atoms with Crippen molar-refractivity contribution in [2.24, 2.45) is 4.99 Å². The summed E-state index contributed by atoms with van der Waals surface area (Å²) in [7, 11) is 0.